The van der Waals surface area contributed by atoms with Crippen molar-refractivity contribution in [1.29, 1.82) is 0 Å². The molecule has 0 spiro atoms. The number of aromatic nitrogens is 3. The van der Waals surface area contributed by atoms with Gasteiger partial charge in [0.2, 0.25) is 5.78 Å². The van der Waals surface area contributed by atoms with Crippen LogP contribution in [0.2, 0.25) is 0 Å². The summed E-state index contributed by atoms with van der Waals surface area (Å²) in [7, 11) is 0. The molecule has 13 heavy (non-hydrogen) atoms. The first-order valence-electron chi connectivity index (χ1n) is 4.00. The van der Waals surface area contributed by atoms with E-state index in [1.807, 2.05) is 30.5 Å². The summed E-state index contributed by atoms with van der Waals surface area (Å²) >= 11 is 0. The van der Waals surface area contributed by atoms with E-state index in [4.69, 9.17) is 6.42 Å². The first-order chi connectivity index (χ1) is 6.20. The second kappa shape index (κ2) is 2.60. The Morgan fingerprint density at radius 1 is 1.38 bits per heavy atom. The minimum absolute atomic E-state index is 0.626. The summed E-state index contributed by atoms with van der Waals surface area (Å²) in [5, 5.41) is 0. The molecule has 64 valence electrons. The molecule has 0 N–H and O–H groups in total. The zero-order chi connectivity index (χ0) is 9.42. The van der Waals surface area contributed by atoms with Crippen LogP contribution in [-0.2, 0) is 0 Å². The second-order valence-electron chi connectivity index (χ2n) is 2.98. The molecule has 0 aliphatic carbocycles. The van der Waals surface area contributed by atoms with Gasteiger partial charge >= 0.3 is 0 Å². The van der Waals surface area contributed by atoms with Crippen LogP contribution in [0.5, 0.6) is 0 Å². The molecule has 0 aliphatic rings. The summed E-state index contributed by atoms with van der Waals surface area (Å²) in [4.78, 5) is 8.43. The normalized spacial score (nSPS) is 10.2. The maximum Gasteiger partial charge on any atom is 0.235 e. The fourth-order valence-corrected chi connectivity index (χ4v) is 1.34. The molecule has 2 heterocycles. The number of aryl methyl sites for hydroxylation is 2. The molecule has 0 atom stereocenters. The van der Waals surface area contributed by atoms with E-state index < -0.39 is 0 Å². The third kappa shape index (κ3) is 1.17. The second-order valence-corrected chi connectivity index (χ2v) is 2.98. The van der Waals surface area contributed by atoms with Crippen LogP contribution in [0.25, 0.3) is 5.78 Å². The summed E-state index contributed by atoms with van der Waals surface area (Å²) < 4.78 is 1.89. The molecule has 0 saturated heterocycles. The van der Waals surface area contributed by atoms with Gasteiger partial charge in [-0.15, -0.1) is 6.42 Å². The van der Waals surface area contributed by atoms with Gasteiger partial charge in [-0.3, -0.25) is 4.40 Å². The third-order valence-corrected chi connectivity index (χ3v) is 1.91. The van der Waals surface area contributed by atoms with Crippen molar-refractivity contribution < 1.29 is 0 Å². The Morgan fingerprint density at radius 2 is 2.15 bits per heavy atom. The molecule has 0 fully saturated rings. The van der Waals surface area contributed by atoms with Crippen molar-refractivity contribution in [3.8, 4) is 12.3 Å². The van der Waals surface area contributed by atoms with E-state index in [-0.39, 0.29) is 0 Å². The fourth-order valence-electron chi connectivity index (χ4n) is 1.34. The monoisotopic (exact) mass is 171 g/mol. The smallest absolute Gasteiger partial charge is 0.235 e. The highest BCUT2D eigenvalue weighted by Crippen LogP contribution is 2.07. The molecule has 0 saturated carbocycles. The quantitative estimate of drug-likeness (QED) is 0.560. The van der Waals surface area contributed by atoms with Crippen LogP contribution >= 0.6 is 0 Å². The van der Waals surface area contributed by atoms with Crippen molar-refractivity contribution >= 4 is 5.78 Å². The lowest BCUT2D eigenvalue weighted by molar-refractivity contribution is 1.01. The summed E-state index contributed by atoms with van der Waals surface area (Å²) in [6.07, 6.45) is 7.06. The van der Waals surface area contributed by atoms with E-state index >= 15 is 0 Å². The Labute approximate surface area is 76.4 Å². The van der Waals surface area contributed by atoms with Gasteiger partial charge in [-0.05, 0) is 25.8 Å². The minimum Gasteiger partial charge on any atom is -0.287 e. The zero-order valence-electron chi connectivity index (χ0n) is 7.57. The predicted octanol–water partition coefficient (Wildman–Crippen LogP) is 1.33. The van der Waals surface area contributed by atoms with E-state index in [1.54, 1.807) is 0 Å². The van der Waals surface area contributed by atoms with Crippen LogP contribution in [0.1, 0.15) is 17.1 Å². The molecule has 2 aromatic rings. The average Bonchev–Trinajstić information content (AvgIpc) is 2.47. The van der Waals surface area contributed by atoms with Gasteiger partial charge in [0.15, 0.2) is 0 Å². The molecular formula is C10H9N3. The van der Waals surface area contributed by atoms with Crippen molar-refractivity contribution in [1.82, 2.24) is 14.4 Å². The average molecular weight is 171 g/mol. The summed E-state index contributed by atoms with van der Waals surface area (Å²) in [6, 6.07) is 2.00. The molecule has 0 radical (unpaired) electrons. The number of fused-ring (bicyclic) bond motifs is 1. The van der Waals surface area contributed by atoms with Gasteiger partial charge in [0.25, 0.3) is 0 Å². The van der Waals surface area contributed by atoms with E-state index in [2.05, 4.69) is 15.9 Å². The van der Waals surface area contributed by atoms with Crippen LogP contribution in [0.4, 0.5) is 0 Å². The van der Waals surface area contributed by atoms with Gasteiger partial charge in [-0.25, -0.2) is 9.97 Å². The molecule has 0 amide bonds. The molecule has 0 unspecified atom stereocenters. The van der Waals surface area contributed by atoms with Crippen molar-refractivity contribution in [2.75, 3.05) is 0 Å². The minimum atomic E-state index is 0.626. The lowest BCUT2D eigenvalue weighted by atomic mass is 10.3. The largest absolute Gasteiger partial charge is 0.287 e. The number of imidazole rings is 1. The highest BCUT2D eigenvalue weighted by molar-refractivity contribution is 5.39. The lowest BCUT2D eigenvalue weighted by Crippen LogP contribution is -1.94. The molecular weight excluding hydrogens is 162 g/mol. The summed E-state index contributed by atoms with van der Waals surface area (Å²) in [5.74, 6) is 3.16. The van der Waals surface area contributed by atoms with Crippen molar-refractivity contribution in [2.24, 2.45) is 0 Å². The molecule has 2 rings (SSSR count). The SMILES string of the molecule is C#Cc1cn2c(C)cc(C)nc2n1. The van der Waals surface area contributed by atoms with Crippen molar-refractivity contribution in [3.63, 3.8) is 0 Å². The van der Waals surface area contributed by atoms with Crippen LogP contribution < -0.4 is 0 Å². The van der Waals surface area contributed by atoms with Crippen LogP contribution in [-0.4, -0.2) is 14.4 Å². The van der Waals surface area contributed by atoms with Crippen molar-refractivity contribution in [2.45, 2.75) is 13.8 Å². The van der Waals surface area contributed by atoms with Gasteiger partial charge in [-0.1, -0.05) is 0 Å². The van der Waals surface area contributed by atoms with Crippen LogP contribution in [0, 0.1) is 26.2 Å². The van der Waals surface area contributed by atoms with Gasteiger partial charge in [0.05, 0.1) is 0 Å². The summed E-state index contributed by atoms with van der Waals surface area (Å²) in [6.45, 7) is 3.95. The standard InChI is InChI=1S/C10H9N3/c1-4-9-6-13-8(3)5-7(2)11-10(13)12-9/h1,5-6H,2-3H3. The fraction of sp³-hybridized carbons (Fsp3) is 0.200. The highest BCUT2D eigenvalue weighted by Gasteiger charge is 2.02. The Kier molecular flexibility index (Phi) is 1.56. The van der Waals surface area contributed by atoms with Crippen molar-refractivity contribution in [3.05, 3.63) is 29.3 Å². The number of hydrogen-bond acceptors (Lipinski definition) is 2. The molecule has 3 nitrogen and oxygen atoms in total. The van der Waals surface area contributed by atoms with Gasteiger partial charge in [0, 0.05) is 17.6 Å². The molecule has 0 bridgehead atoms. The first-order valence-corrected chi connectivity index (χ1v) is 4.00. The Morgan fingerprint density at radius 3 is 2.85 bits per heavy atom. The highest BCUT2D eigenvalue weighted by atomic mass is 15.1. The van der Waals surface area contributed by atoms with E-state index in [0.29, 0.717) is 11.5 Å². The molecule has 0 aromatic carbocycles. The maximum absolute atomic E-state index is 5.25. The van der Waals surface area contributed by atoms with E-state index in [1.165, 1.54) is 0 Å². The van der Waals surface area contributed by atoms with Crippen LogP contribution in [0.15, 0.2) is 12.3 Å². The van der Waals surface area contributed by atoms with Gasteiger partial charge in [-0.2, -0.15) is 0 Å². The predicted molar refractivity (Wildman–Crippen MR) is 50.4 cm³/mol. The summed E-state index contributed by atoms with van der Waals surface area (Å²) in [5.41, 5.74) is 2.68. The molecule has 2 aromatic heterocycles. The van der Waals surface area contributed by atoms with Gasteiger partial charge in [0.1, 0.15) is 5.69 Å². The molecule has 0 aliphatic heterocycles. The van der Waals surface area contributed by atoms with Gasteiger partial charge < -0.3 is 0 Å². The Balaban J connectivity index is 2.84. The third-order valence-electron chi connectivity index (χ3n) is 1.91. The molecule has 3 heteroatoms. The maximum atomic E-state index is 5.25. The Hall–Kier alpha value is -1.82. The number of hydrogen-bond donors (Lipinski definition) is 0. The van der Waals surface area contributed by atoms with E-state index in [0.717, 1.165) is 11.4 Å². The number of rotatable bonds is 0. The van der Waals surface area contributed by atoms with E-state index in [9.17, 15) is 0 Å². The number of terminal acetylenes is 1. The topological polar surface area (TPSA) is 30.2 Å². The first kappa shape index (κ1) is 7.81. The zero-order valence-corrected chi connectivity index (χ0v) is 7.57. The lowest BCUT2D eigenvalue weighted by Gasteiger charge is -1.98. The van der Waals surface area contributed by atoms with Crippen LogP contribution in [0.3, 0.4) is 0 Å². The number of nitrogens with zero attached hydrogens (tertiary/aromatic N) is 3. The Bertz CT molecular complexity index is 503.